The molecule has 0 spiro atoms. The monoisotopic (exact) mass is 319 g/mol. The smallest absolute Gasteiger partial charge is 0.310 e. The topological polar surface area (TPSA) is 77.8 Å². The van der Waals surface area contributed by atoms with E-state index in [2.05, 4.69) is 0 Å². The Morgan fingerprint density at radius 1 is 1.00 bits per heavy atom. The van der Waals surface area contributed by atoms with Crippen LogP contribution in [0.1, 0.15) is 6.92 Å². The second kappa shape index (κ2) is 8.54. The highest BCUT2D eigenvalue weighted by atomic mass is 127. The van der Waals surface area contributed by atoms with Crippen LogP contribution in [0.5, 0.6) is 0 Å². The van der Waals surface area contributed by atoms with Crippen molar-refractivity contribution in [3.8, 4) is 0 Å². The number of nitrogens with zero attached hydrogens (tertiary/aromatic N) is 1. The Morgan fingerprint density at radius 3 is 1.43 bits per heavy atom. The van der Waals surface area contributed by atoms with Crippen LogP contribution < -0.4 is 24.0 Å². The summed E-state index contributed by atoms with van der Waals surface area (Å²) in [7, 11) is 0. The van der Waals surface area contributed by atoms with Crippen LogP contribution in [0.2, 0.25) is 0 Å². The van der Waals surface area contributed by atoms with Crippen molar-refractivity contribution in [2.75, 3.05) is 39.5 Å². The molecule has 0 aromatic rings. The molecule has 14 heavy (non-hydrogen) atoms. The summed E-state index contributed by atoms with van der Waals surface area (Å²) < 4.78 is -0.0521. The van der Waals surface area contributed by atoms with Gasteiger partial charge in [-0.3, -0.25) is 4.48 Å². The first kappa shape index (κ1) is 16.7. The zero-order valence-electron chi connectivity index (χ0n) is 8.32. The Morgan fingerprint density at radius 2 is 1.29 bits per heavy atom. The molecule has 0 aromatic carbocycles. The maximum Gasteiger partial charge on any atom is 0.310 e. The number of aliphatic hydroxyl groups is 3. The average molecular weight is 319 g/mol. The van der Waals surface area contributed by atoms with Crippen molar-refractivity contribution in [1.29, 1.82) is 0 Å². The summed E-state index contributed by atoms with van der Waals surface area (Å²) in [5.74, 6) is -0.142. The van der Waals surface area contributed by atoms with Crippen LogP contribution in [-0.4, -0.2) is 65.2 Å². The number of hydrogen-bond acceptors (Lipinski definition) is 4. The molecular formula is C8H18INO4. The number of rotatable bonds is 6. The van der Waals surface area contributed by atoms with Crippen molar-refractivity contribution < 1.29 is 48.6 Å². The largest absolute Gasteiger partial charge is 1.00 e. The molecule has 86 valence electrons. The maximum absolute atomic E-state index is 11.3. The number of quaternary nitrogens is 1. The third-order valence-corrected chi connectivity index (χ3v) is 2.25. The van der Waals surface area contributed by atoms with Crippen molar-refractivity contribution in [1.82, 2.24) is 0 Å². The SMILES string of the molecule is CC(=O)[N+](CCO)(CCO)CCO.[I-]. The van der Waals surface area contributed by atoms with Gasteiger partial charge in [-0.1, -0.05) is 0 Å². The second-order valence-electron chi connectivity index (χ2n) is 3.01. The summed E-state index contributed by atoms with van der Waals surface area (Å²) in [6, 6.07) is 0. The Balaban J connectivity index is 0. The summed E-state index contributed by atoms with van der Waals surface area (Å²) in [5.41, 5.74) is 0. The highest BCUT2D eigenvalue weighted by Crippen LogP contribution is 2.06. The second-order valence-corrected chi connectivity index (χ2v) is 3.01. The van der Waals surface area contributed by atoms with E-state index in [1.54, 1.807) is 0 Å². The van der Waals surface area contributed by atoms with Crippen molar-refractivity contribution in [2.24, 2.45) is 0 Å². The first-order chi connectivity index (χ1) is 6.13. The molecule has 0 fully saturated rings. The lowest BCUT2D eigenvalue weighted by atomic mass is 10.3. The minimum atomic E-state index is -0.142. The van der Waals surface area contributed by atoms with Crippen molar-refractivity contribution in [3.05, 3.63) is 0 Å². The molecule has 0 saturated carbocycles. The lowest BCUT2D eigenvalue weighted by molar-refractivity contribution is -0.855. The van der Waals surface area contributed by atoms with Crippen LogP contribution in [0.25, 0.3) is 0 Å². The van der Waals surface area contributed by atoms with Gasteiger partial charge in [0.15, 0.2) is 0 Å². The molecule has 1 amide bonds. The van der Waals surface area contributed by atoms with Gasteiger partial charge in [0.25, 0.3) is 0 Å². The normalized spacial score (nSPS) is 10.9. The number of carbonyl (C=O) groups is 1. The lowest BCUT2D eigenvalue weighted by Crippen LogP contribution is -3.00. The molecular weight excluding hydrogens is 301 g/mol. The number of hydrogen-bond donors (Lipinski definition) is 3. The van der Waals surface area contributed by atoms with Crippen LogP contribution in [0, 0.1) is 0 Å². The van der Waals surface area contributed by atoms with Gasteiger partial charge >= 0.3 is 5.91 Å². The van der Waals surface area contributed by atoms with Gasteiger partial charge in [0, 0.05) is 0 Å². The molecule has 0 unspecified atom stereocenters. The standard InChI is InChI=1S/C8H18NO4.HI/c1-8(13)9(2-5-10,3-6-11)4-7-12;/h10-12H,2-7H2,1H3;1H/q+1;/p-1. The van der Waals surface area contributed by atoms with E-state index in [9.17, 15) is 4.79 Å². The van der Waals surface area contributed by atoms with E-state index in [1.165, 1.54) is 6.92 Å². The maximum atomic E-state index is 11.3. The van der Waals surface area contributed by atoms with Gasteiger partial charge in [-0.05, 0) is 0 Å². The first-order valence-corrected chi connectivity index (χ1v) is 4.33. The van der Waals surface area contributed by atoms with Crippen LogP contribution in [0.4, 0.5) is 0 Å². The Hall–Kier alpha value is 0.240. The molecule has 0 atom stereocenters. The summed E-state index contributed by atoms with van der Waals surface area (Å²) >= 11 is 0. The van der Waals surface area contributed by atoms with E-state index in [0.29, 0.717) is 0 Å². The van der Waals surface area contributed by atoms with E-state index < -0.39 is 0 Å². The Bertz CT molecular complexity index is 148. The molecule has 0 radical (unpaired) electrons. The molecule has 0 aliphatic rings. The van der Waals surface area contributed by atoms with Gasteiger partial charge in [-0.25, -0.2) is 4.79 Å². The summed E-state index contributed by atoms with van der Waals surface area (Å²) in [6.07, 6.45) is 0. The van der Waals surface area contributed by atoms with Crippen molar-refractivity contribution in [3.63, 3.8) is 0 Å². The molecule has 0 aromatic heterocycles. The minimum Gasteiger partial charge on any atom is -1.00 e. The molecule has 5 nitrogen and oxygen atoms in total. The fourth-order valence-corrected chi connectivity index (χ4v) is 1.38. The third-order valence-electron chi connectivity index (χ3n) is 2.25. The average Bonchev–Trinajstić information content (AvgIpc) is 2.05. The number of halogens is 1. The van der Waals surface area contributed by atoms with Gasteiger partial charge in [0.1, 0.15) is 19.6 Å². The fourth-order valence-electron chi connectivity index (χ4n) is 1.38. The minimum absolute atomic E-state index is 0. The Kier molecular flexibility index (Phi) is 10.2. The molecule has 0 heterocycles. The van der Waals surface area contributed by atoms with Gasteiger partial charge in [0.2, 0.25) is 0 Å². The molecule has 3 N–H and O–H groups in total. The third kappa shape index (κ3) is 4.65. The quantitative estimate of drug-likeness (QED) is 0.340. The molecule has 0 aliphatic heterocycles. The lowest BCUT2D eigenvalue weighted by Gasteiger charge is -2.33. The zero-order valence-corrected chi connectivity index (χ0v) is 10.5. The molecule has 0 rings (SSSR count). The van der Waals surface area contributed by atoms with Crippen molar-refractivity contribution >= 4 is 5.91 Å². The van der Waals surface area contributed by atoms with Crippen LogP contribution in [0.3, 0.4) is 0 Å². The predicted octanol–water partition coefficient (Wildman–Crippen LogP) is -4.67. The van der Waals surface area contributed by atoms with Crippen LogP contribution >= 0.6 is 0 Å². The first-order valence-electron chi connectivity index (χ1n) is 4.33. The van der Waals surface area contributed by atoms with Gasteiger partial charge in [-0.2, -0.15) is 0 Å². The van der Waals surface area contributed by atoms with Gasteiger partial charge < -0.3 is 39.3 Å². The van der Waals surface area contributed by atoms with Crippen molar-refractivity contribution in [2.45, 2.75) is 6.92 Å². The molecule has 0 aliphatic carbocycles. The van der Waals surface area contributed by atoms with E-state index in [-0.39, 0.29) is 73.8 Å². The summed E-state index contributed by atoms with van der Waals surface area (Å²) in [5, 5.41) is 26.3. The zero-order chi connectivity index (χ0) is 10.3. The van der Waals surface area contributed by atoms with Crippen LogP contribution in [-0.2, 0) is 4.79 Å². The van der Waals surface area contributed by atoms with Gasteiger partial charge in [-0.15, -0.1) is 0 Å². The van der Waals surface area contributed by atoms with E-state index in [1.807, 2.05) is 0 Å². The Labute approximate surface area is 101 Å². The van der Waals surface area contributed by atoms with E-state index in [0.717, 1.165) is 0 Å². The number of aliphatic hydroxyl groups excluding tert-OH is 3. The number of carbonyl (C=O) groups excluding carboxylic acids is 1. The molecule has 6 heteroatoms. The highest BCUT2D eigenvalue weighted by Gasteiger charge is 2.31. The molecule has 0 bridgehead atoms. The summed E-state index contributed by atoms with van der Waals surface area (Å²) in [6.45, 7) is 1.77. The van der Waals surface area contributed by atoms with E-state index in [4.69, 9.17) is 15.3 Å². The van der Waals surface area contributed by atoms with Gasteiger partial charge in [0.05, 0.1) is 26.7 Å². The fraction of sp³-hybridized carbons (Fsp3) is 0.875. The number of amides is 1. The van der Waals surface area contributed by atoms with E-state index >= 15 is 0 Å². The summed E-state index contributed by atoms with van der Waals surface area (Å²) in [4.78, 5) is 11.3. The highest BCUT2D eigenvalue weighted by molar-refractivity contribution is 5.65. The molecule has 0 saturated heterocycles. The predicted molar refractivity (Wildman–Crippen MR) is 46.8 cm³/mol. The van der Waals surface area contributed by atoms with Crippen LogP contribution in [0.15, 0.2) is 0 Å².